The predicted octanol–water partition coefficient (Wildman–Crippen LogP) is 19.5. The molecule has 81 heavy (non-hydrogen) atoms. The zero-order valence-electron chi connectivity index (χ0n) is 52.8. The van der Waals surface area contributed by atoms with Crippen LogP contribution in [0.1, 0.15) is 215 Å². The van der Waals surface area contributed by atoms with Crippen LogP contribution in [0.3, 0.4) is 0 Å². The van der Waals surface area contributed by atoms with Gasteiger partial charge in [0, 0.05) is 56.3 Å². The summed E-state index contributed by atoms with van der Waals surface area (Å²) in [7, 11) is 0. The molecule has 2 unspecified atom stereocenters. The molecule has 0 bridgehead atoms. The normalized spacial score (nSPS) is 23.3. The van der Waals surface area contributed by atoms with Crippen LogP contribution < -0.4 is 31.1 Å². The van der Waals surface area contributed by atoms with Gasteiger partial charge in [-0.05, 0) is 205 Å². The molecule has 0 amide bonds. The van der Waals surface area contributed by atoms with Gasteiger partial charge in [-0.3, -0.25) is 0 Å². The molecule has 6 aliphatic rings. The monoisotopic (exact) mass is 1070 g/mol. The molecule has 7 aromatic carbocycles. The fourth-order valence-corrected chi connectivity index (χ4v) is 16.9. The minimum atomic E-state index is -0.160. The van der Waals surface area contributed by atoms with E-state index >= 15 is 0 Å². The van der Waals surface area contributed by atoms with E-state index < -0.39 is 0 Å². The Bertz CT molecular complexity index is 3720. The molecule has 0 spiro atoms. The average molecular weight is 1070 g/mol. The predicted molar refractivity (Wildman–Crippen MR) is 350 cm³/mol. The second kappa shape index (κ2) is 17.5. The van der Waals surface area contributed by atoms with Gasteiger partial charge in [0.2, 0.25) is 0 Å². The Morgan fingerprint density at radius 1 is 0.383 bits per heavy atom. The first-order valence-electron chi connectivity index (χ1n) is 31.3. The fourth-order valence-electron chi connectivity index (χ4n) is 16.9. The van der Waals surface area contributed by atoms with E-state index in [9.17, 15) is 0 Å². The molecule has 0 N–H and O–H groups in total. The van der Waals surface area contributed by atoms with Crippen LogP contribution in [0, 0.1) is 5.41 Å². The fraction of sp³-hybridized carbons (Fsp3) is 0.455. The molecular weight excluding hydrogens is 978 g/mol. The lowest BCUT2D eigenvalue weighted by Crippen LogP contribution is -2.67. The second-order valence-electron chi connectivity index (χ2n) is 31.9. The quantitative estimate of drug-likeness (QED) is 0.163. The van der Waals surface area contributed by atoms with Crippen molar-refractivity contribution in [3.05, 3.63) is 172 Å². The van der Waals surface area contributed by atoms with Crippen molar-refractivity contribution in [1.82, 2.24) is 0 Å². The molecule has 3 nitrogen and oxygen atoms in total. The van der Waals surface area contributed by atoms with Crippen LogP contribution >= 0.6 is 0 Å². The Balaban J connectivity index is 1.18. The first kappa shape index (κ1) is 54.3. The van der Waals surface area contributed by atoms with Crippen molar-refractivity contribution in [2.24, 2.45) is 5.41 Å². The first-order valence-corrected chi connectivity index (χ1v) is 31.3. The largest absolute Gasteiger partial charge is 0.335 e. The minimum absolute atomic E-state index is 0.0171. The van der Waals surface area contributed by atoms with Gasteiger partial charge in [0.15, 0.2) is 0 Å². The number of nitrogens with zero attached hydrogens (tertiary/aromatic N) is 3. The standard InChI is InChI=1S/C77H92BN3/c1-69(2,3)50-30-35-62(54(42-50)49-26-20-19-21-27-49)80-64-46-53(81-63-29-23-22-28-56(63)75(15,16)76(17)36-24-25-37-77(76,81)18)32-34-60(64)78-61-47-58-59(74(13,14)41-40-73(58,11)12)48-65(61)79(66-43-51(70(4,5)6)44-67(80)68(66)78)52-31-33-55-57(45-52)72(9,10)39-38-71(55,7)8/h19-23,26-35,42-48H,24-25,36-41H2,1-18H3. The molecule has 2 atom stereocenters. The zero-order valence-corrected chi connectivity index (χ0v) is 52.8. The summed E-state index contributed by atoms with van der Waals surface area (Å²) in [4.78, 5) is 8.35. The Morgan fingerprint density at radius 3 is 1.59 bits per heavy atom. The summed E-state index contributed by atoms with van der Waals surface area (Å²) in [6, 6.07) is 54.3. The van der Waals surface area contributed by atoms with E-state index in [-0.39, 0.29) is 55.6 Å². The number of rotatable bonds is 4. The van der Waals surface area contributed by atoms with Gasteiger partial charge in [0.1, 0.15) is 0 Å². The van der Waals surface area contributed by atoms with E-state index in [2.05, 4.69) is 273 Å². The summed E-state index contributed by atoms with van der Waals surface area (Å²) >= 11 is 0. The van der Waals surface area contributed by atoms with E-state index in [4.69, 9.17) is 0 Å². The molecule has 4 heteroatoms. The lowest BCUT2D eigenvalue weighted by Gasteiger charge is -2.66. The first-order chi connectivity index (χ1) is 37.9. The Kier molecular flexibility index (Phi) is 11.7. The van der Waals surface area contributed by atoms with Crippen LogP contribution in [-0.4, -0.2) is 12.3 Å². The summed E-state index contributed by atoms with van der Waals surface area (Å²) in [6.45, 7) is 44.7. The van der Waals surface area contributed by atoms with Gasteiger partial charge in [-0.25, -0.2) is 0 Å². The van der Waals surface area contributed by atoms with Gasteiger partial charge in [-0.2, -0.15) is 0 Å². The number of hydrogen-bond acceptors (Lipinski definition) is 3. The molecule has 0 radical (unpaired) electrons. The summed E-state index contributed by atoms with van der Waals surface area (Å²) in [6.07, 6.45) is 9.55. The highest BCUT2D eigenvalue weighted by atomic mass is 15.3. The van der Waals surface area contributed by atoms with Crippen molar-refractivity contribution in [2.45, 2.75) is 219 Å². The maximum Gasteiger partial charge on any atom is 0.252 e. The van der Waals surface area contributed by atoms with Gasteiger partial charge in [-0.1, -0.05) is 203 Å². The van der Waals surface area contributed by atoms with E-state index in [0.717, 1.165) is 6.42 Å². The van der Waals surface area contributed by atoms with E-state index in [0.29, 0.717) is 0 Å². The maximum absolute atomic E-state index is 2.84. The highest BCUT2D eigenvalue weighted by Crippen LogP contribution is 2.66. The summed E-state index contributed by atoms with van der Waals surface area (Å²) < 4.78 is 0. The van der Waals surface area contributed by atoms with Crippen molar-refractivity contribution in [2.75, 3.05) is 14.7 Å². The zero-order chi connectivity index (χ0) is 57.6. The summed E-state index contributed by atoms with van der Waals surface area (Å²) in [5.74, 6) is 0. The number of para-hydroxylation sites is 1. The number of hydrogen-bond donors (Lipinski definition) is 0. The third-order valence-corrected chi connectivity index (χ3v) is 22.9. The lowest BCUT2D eigenvalue weighted by molar-refractivity contribution is 0.0106. The lowest BCUT2D eigenvalue weighted by atomic mass is 9.33. The average Bonchev–Trinajstić information content (AvgIpc) is 1.31. The third kappa shape index (κ3) is 7.86. The van der Waals surface area contributed by atoms with Gasteiger partial charge < -0.3 is 14.7 Å². The minimum Gasteiger partial charge on any atom is -0.335 e. The molecule has 3 aliphatic carbocycles. The van der Waals surface area contributed by atoms with E-state index in [1.54, 1.807) is 0 Å². The van der Waals surface area contributed by atoms with Crippen LogP contribution in [0.4, 0.5) is 45.5 Å². The summed E-state index contributed by atoms with van der Waals surface area (Å²) in [5, 5.41) is 0. The second-order valence-corrected chi connectivity index (χ2v) is 31.9. The van der Waals surface area contributed by atoms with Crippen molar-refractivity contribution in [1.29, 1.82) is 0 Å². The smallest absolute Gasteiger partial charge is 0.252 e. The van der Waals surface area contributed by atoms with E-state index in [1.807, 2.05) is 0 Å². The molecule has 418 valence electrons. The molecule has 13 rings (SSSR count). The molecule has 0 saturated heterocycles. The molecule has 3 heterocycles. The number of anilines is 8. The van der Waals surface area contributed by atoms with Gasteiger partial charge in [0.05, 0.1) is 5.69 Å². The topological polar surface area (TPSA) is 9.72 Å². The summed E-state index contributed by atoms with van der Waals surface area (Å²) in [5.41, 5.74) is 27.1. The van der Waals surface area contributed by atoms with Crippen LogP contribution in [-0.2, 0) is 37.9 Å². The third-order valence-electron chi connectivity index (χ3n) is 22.9. The van der Waals surface area contributed by atoms with Gasteiger partial charge in [-0.15, -0.1) is 0 Å². The molecule has 7 aromatic rings. The Labute approximate surface area is 489 Å². The molecule has 1 saturated carbocycles. The Morgan fingerprint density at radius 2 is 0.938 bits per heavy atom. The van der Waals surface area contributed by atoms with Crippen molar-refractivity contribution >= 4 is 68.6 Å². The van der Waals surface area contributed by atoms with Crippen molar-refractivity contribution in [3.8, 4) is 11.1 Å². The highest BCUT2D eigenvalue weighted by molar-refractivity contribution is 7.00. The SMILES string of the molecule is CC(C)(C)c1ccc(N2c3cc(N4c5ccccc5C(C)(C)C5(C)CCCCC45C)ccc3B3c4cc5c(cc4N(c4ccc6c(c4)C(C)(C)CCC6(C)C)c4cc(C(C)(C)C)cc2c43)C(C)(C)CCC5(C)C)c(-c2ccccc2)c1. The molecule has 1 fully saturated rings. The number of benzene rings is 7. The molecular formula is C77H92BN3. The van der Waals surface area contributed by atoms with Crippen LogP contribution in [0.5, 0.6) is 0 Å². The van der Waals surface area contributed by atoms with Crippen LogP contribution in [0.15, 0.2) is 133 Å². The maximum atomic E-state index is 2.84. The Hall–Kier alpha value is -6.00. The van der Waals surface area contributed by atoms with Crippen molar-refractivity contribution in [3.63, 3.8) is 0 Å². The van der Waals surface area contributed by atoms with Crippen LogP contribution in [0.2, 0.25) is 0 Å². The van der Waals surface area contributed by atoms with Gasteiger partial charge in [0.25, 0.3) is 6.71 Å². The van der Waals surface area contributed by atoms with Crippen molar-refractivity contribution < 1.29 is 0 Å². The van der Waals surface area contributed by atoms with Crippen LogP contribution in [0.25, 0.3) is 11.1 Å². The van der Waals surface area contributed by atoms with E-state index in [1.165, 1.54) is 157 Å². The van der Waals surface area contributed by atoms with Gasteiger partial charge >= 0.3 is 0 Å². The highest BCUT2D eigenvalue weighted by Gasteiger charge is 2.62. The molecule has 3 aliphatic heterocycles. The molecule has 0 aromatic heterocycles. The number of fused-ring (bicyclic) bond motifs is 8.